The van der Waals surface area contributed by atoms with Gasteiger partial charge in [-0.05, 0) is 29.0 Å². The zero-order valence-corrected chi connectivity index (χ0v) is 17.8. The number of amides is 1. The number of nitrogens with zero attached hydrogens (tertiary/aromatic N) is 3. The fourth-order valence-corrected chi connectivity index (χ4v) is 5.27. The number of hydrogen-bond donors (Lipinski definition) is 1. The number of hydrogen-bond acceptors (Lipinski definition) is 4. The molecule has 1 amide bonds. The summed E-state index contributed by atoms with van der Waals surface area (Å²) in [6.07, 6.45) is -4.07. The molecule has 0 bridgehead atoms. The molecule has 0 aliphatic carbocycles. The fourth-order valence-electron chi connectivity index (χ4n) is 4.22. The lowest BCUT2D eigenvalue weighted by Crippen LogP contribution is -2.37. The van der Waals surface area contributed by atoms with Crippen molar-refractivity contribution in [2.24, 2.45) is 0 Å². The molecule has 4 heterocycles. The maximum Gasteiger partial charge on any atom is 0.410 e. The minimum Gasteiger partial charge on any atom is -0.361 e. The SMILES string of the molecule is O=C(c1nn2c(c1Cl)N[C@H](c1cccs1)C[C@H]2C(F)(F)F)N1CCc2ccccc2C1. The number of alkyl halides is 3. The third-order valence-corrected chi connectivity index (χ3v) is 7.15. The van der Waals surface area contributed by atoms with Gasteiger partial charge in [-0.1, -0.05) is 41.9 Å². The van der Waals surface area contributed by atoms with Crippen molar-refractivity contribution in [1.82, 2.24) is 14.7 Å². The van der Waals surface area contributed by atoms with Crippen LogP contribution in [0.1, 0.15) is 45.0 Å². The molecule has 2 atom stereocenters. The molecule has 5 rings (SSSR count). The van der Waals surface area contributed by atoms with Gasteiger partial charge in [0.25, 0.3) is 5.91 Å². The van der Waals surface area contributed by atoms with Crippen LogP contribution < -0.4 is 5.32 Å². The summed E-state index contributed by atoms with van der Waals surface area (Å²) in [6.45, 7) is 0.837. The Kier molecular flexibility index (Phi) is 4.97. The van der Waals surface area contributed by atoms with Crippen molar-refractivity contribution in [1.29, 1.82) is 0 Å². The van der Waals surface area contributed by atoms with E-state index in [1.807, 2.05) is 29.6 Å². The van der Waals surface area contributed by atoms with E-state index in [1.54, 1.807) is 17.0 Å². The Morgan fingerprint density at radius 2 is 1.97 bits per heavy atom. The number of anilines is 1. The average Bonchev–Trinajstić information content (AvgIpc) is 3.40. The summed E-state index contributed by atoms with van der Waals surface area (Å²) in [7, 11) is 0. The maximum absolute atomic E-state index is 13.9. The maximum atomic E-state index is 13.9. The van der Waals surface area contributed by atoms with E-state index in [0.717, 1.165) is 15.1 Å². The standard InChI is InChI=1S/C21H18ClF3N4OS/c22-17-18(20(30)28-8-7-12-4-1-2-5-13(12)11-28)27-29-16(21(23,24)25)10-14(26-19(17)29)15-6-3-9-31-15/h1-6,9,14,16,26H,7-8,10-11H2/t14-,16-/m0/s1. The van der Waals surface area contributed by atoms with Crippen LogP contribution in [0.25, 0.3) is 0 Å². The minimum atomic E-state index is -4.52. The molecule has 2 aromatic heterocycles. The lowest BCUT2D eigenvalue weighted by molar-refractivity contribution is -0.173. The zero-order chi connectivity index (χ0) is 21.8. The number of halogens is 4. The van der Waals surface area contributed by atoms with Crippen molar-refractivity contribution in [2.75, 3.05) is 11.9 Å². The van der Waals surface area contributed by atoms with Gasteiger partial charge < -0.3 is 10.2 Å². The van der Waals surface area contributed by atoms with Gasteiger partial charge >= 0.3 is 6.18 Å². The van der Waals surface area contributed by atoms with Crippen LogP contribution in [0.4, 0.5) is 19.0 Å². The normalized spacial score (nSPS) is 20.7. The summed E-state index contributed by atoms with van der Waals surface area (Å²) >= 11 is 7.82. The van der Waals surface area contributed by atoms with E-state index in [9.17, 15) is 18.0 Å². The van der Waals surface area contributed by atoms with Crippen molar-refractivity contribution in [3.05, 3.63) is 68.5 Å². The van der Waals surface area contributed by atoms with Crippen LogP contribution in [-0.4, -0.2) is 33.3 Å². The van der Waals surface area contributed by atoms with Crippen LogP contribution >= 0.6 is 22.9 Å². The van der Waals surface area contributed by atoms with Crippen LogP contribution in [0.3, 0.4) is 0 Å². The van der Waals surface area contributed by atoms with E-state index in [-0.39, 0.29) is 23.0 Å². The van der Waals surface area contributed by atoms with Crippen LogP contribution in [0.15, 0.2) is 41.8 Å². The number of fused-ring (bicyclic) bond motifs is 2. The van der Waals surface area contributed by atoms with E-state index in [1.165, 1.54) is 16.9 Å². The number of carbonyl (C=O) groups excluding carboxylic acids is 1. The van der Waals surface area contributed by atoms with Crippen LogP contribution in [0.5, 0.6) is 0 Å². The first-order valence-electron chi connectivity index (χ1n) is 9.83. The Hall–Kier alpha value is -2.52. The molecule has 31 heavy (non-hydrogen) atoms. The first kappa shape index (κ1) is 20.4. The van der Waals surface area contributed by atoms with Gasteiger partial charge in [0.2, 0.25) is 0 Å². The van der Waals surface area contributed by atoms with Crippen molar-refractivity contribution in [3.8, 4) is 0 Å². The average molecular weight is 467 g/mol. The van der Waals surface area contributed by atoms with Crippen molar-refractivity contribution in [3.63, 3.8) is 0 Å². The Bertz CT molecular complexity index is 1130. The van der Waals surface area contributed by atoms with E-state index < -0.39 is 24.2 Å². The number of nitrogens with one attached hydrogen (secondary N) is 1. The number of benzene rings is 1. The topological polar surface area (TPSA) is 50.2 Å². The third kappa shape index (κ3) is 3.59. The molecule has 10 heteroatoms. The molecule has 2 aliphatic heterocycles. The summed E-state index contributed by atoms with van der Waals surface area (Å²) in [4.78, 5) is 15.5. The molecule has 0 saturated carbocycles. The molecule has 0 fully saturated rings. The molecular formula is C21H18ClF3N4OS. The smallest absolute Gasteiger partial charge is 0.361 e. The molecule has 2 aliphatic rings. The molecule has 0 spiro atoms. The molecule has 1 aromatic carbocycles. The summed E-state index contributed by atoms with van der Waals surface area (Å²) in [6, 6.07) is 8.97. The quantitative estimate of drug-likeness (QED) is 0.546. The predicted octanol–water partition coefficient (Wildman–Crippen LogP) is 5.46. The lowest BCUT2D eigenvalue weighted by Gasteiger charge is -2.32. The Labute approximate surface area is 185 Å². The second kappa shape index (κ2) is 7.56. The van der Waals surface area contributed by atoms with Gasteiger partial charge in [-0.25, -0.2) is 4.68 Å². The molecule has 1 N–H and O–H groups in total. The van der Waals surface area contributed by atoms with Gasteiger partial charge in [-0.3, -0.25) is 4.79 Å². The van der Waals surface area contributed by atoms with Gasteiger partial charge in [-0.15, -0.1) is 11.3 Å². The summed E-state index contributed by atoms with van der Waals surface area (Å²) in [5.41, 5.74) is 2.04. The summed E-state index contributed by atoms with van der Waals surface area (Å²) in [5.74, 6) is -0.425. The Morgan fingerprint density at radius 1 is 1.19 bits per heavy atom. The largest absolute Gasteiger partial charge is 0.410 e. The number of rotatable bonds is 2. The molecule has 0 unspecified atom stereocenters. The van der Waals surface area contributed by atoms with E-state index >= 15 is 0 Å². The highest BCUT2D eigenvalue weighted by molar-refractivity contribution is 7.10. The number of thiophene rings is 1. The summed E-state index contributed by atoms with van der Waals surface area (Å²) < 4.78 is 42.5. The molecule has 0 saturated heterocycles. The Balaban J connectivity index is 1.49. The molecule has 0 radical (unpaired) electrons. The van der Waals surface area contributed by atoms with Gasteiger partial charge in [0.15, 0.2) is 11.7 Å². The van der Waals surface area contributed by atoms with Crippen LogP contribution in [0.2, 0.25) is 5.02 Å². The third-order valence-electron chi connectivity index (χ3n) is 5.80. The van der Waals surface area contributed by atoms with Crippen molar-refractivity contribution < 1.29 is 18.0 Å². The number of carbonyl (C=O) groups is 1. The molecule has 162 valence electrons. The highest BCUT2D eigenvalue weighted by Crippen LogP contribution is 2.47. The highest BCUT2D eigenvalue weighted by atomic mass is 35.5. The molecular weight excluding hydrogens is 449 g/mol. The predicted molar refractivity (Wildman–Crippen MR) is 113 cm³/mol. The second-order valence-electron chi connectivity index (χ2n) is 7.71. The first-order chi connectivity index (χ1) is 14.8. The molecule has 3 aromatic rings. The lowest BCUT2D eigenvalue weighted by atomic mass is 10.00. The first-order valence-corrected chi connectivity index (χ1v) is 11.1. The van der Waals surface area contributed by atoms with Gasteiger partial charge in [-0.2, -0.15) is 18.3 Å². The van der Waals surface area contributed by atoms with Crippen LogP contribution in [-0.2, 0) is 13.0 Å². The zero-order valence-electron chi connectivity index (χ0n) is 16.2. The van der Waals surface area contributed by atoms with E-state index in [0.29, 0.717) is 19.5 Å². The van der Waals surface area contributed by atoms with Gasteiger partial charge in [0.05, 0.1) is 6.04 Å². The van der Waals surface area contributed by atoms with Gasteiger partial charge in [0.1, 0.15) is 10.8 Å². The van der Waals surface area contributed by atoms with Crippen molar-refractivity contribution in [2.45, 2.75) is 37.6 Å². The van der Waals surface area contributed by atoms with Crippen molar-refractivity contribution >= 4 is 34.7 Å². The van der Waals surface area contributed by atoms with E-state index in [2.05, 4.69) is 10.4 Å². The van der Waals surface area contributed by atoms with Crippen LogP contribution in [0, 0.1) is 0 Å². The van der Waals surface area contributed by atoms with Gasteiger partial charge in [0, 0.05) is 24.4 Å². The monoisotopic (exact) mass is 466 g/mol. The fraction of sp³-hybridized carbons (Fsp3) is 0.333. The minimum absolute atomic E-state index is 0.0365. The number of aromatic nitrogens is 2. The molecule has 5 nitrogen and oxygen atoms in total. The summed E-state index contributed by atoms with van der Waals surface area (Å²) in [5, 5.41) is 8.88. The second-order valence-corrected chi connectivity index (χ2v) is 9.06. The Morgan fingerprint density at radius 3 is 2.68 bits per heavy atom. The van der Waals surface area contributed by atoms with E-state index in [4.69, 9.17) is 11.6 Å². The highest BCUT2D eigenvalue weighted by Gasteiger charge is 2.48.